The first kappa shape index (κ1) is 12.3. The number of rotatable bonds is 2. The van der Waals surface area contributed by atoms with E-state index in [-0.39, 0.29) is 5.56 Å². The molecule has 5 heteroatoms. The van der Waals surface area contributed by atoms with Gasteiger partial charge in [-0.2, -0.15) is 5.10 Å². The first-order valence-electron chi connectivity index (χ1n) is 5.41. The van der Waals surface area contributed by atoms with E-state index in [0.29, 0.717) is 5.56 Å². The number of carbonyl (C=O) groups excluding carboxylic acids is 1. The molecule has 0 atom stereocenters. The van der Waals surface area contributed by atoms with Crippen LogP contribution < -0.4 is 0 Å². The fourth-order valence-corrected chi connectivity index (χ4v) is 1.74. The molecule has 0 aliphatic rings. The Morgan fingerprint density at radius 1 is 1.44 bits per heavy atom. The SMILES string of the molecule is COC(=O)c1ccc(-c2cnn(C)c2C)cc1F. The van der Waals surface area contributed by atoms with Gasteiger partial charge in [0.2, 0.25) is 0 Å². The summed E-state index contributed by atoms with van der Waals surface area (Å²) in [7, 11) is 3.04. The fourth-order valence-electron chi connectivity index (χ4n) is 1.74. The molecule has 1 aromatic heterocycles. The number of halogens is 1. The van der Waals surface area contributed by atoms with E-state index in [1.165, 1.54) is 19.2 Å². The van der Waals surface area contributed by atoms with Gasteiger partial charge in [0.25, 0.3) is 0 Å². The maximum atomic E-state index is 13.8. The van der Waals surface area contributed by atoms with Gasteiger partial charge in [-0.25, -0.2) is 9.18 Å². The molecule has 18 heavy (non-hydrogen) atoms. The van der Waals surface area contributed by atoms with E-state index in [0.717, 1.165) is 11.3 Å². The molecule has 0 radical (unpaired) electrons. The highest BCUT2D eigenvalue weighted by atomic mass is 19.1. The molecule has 0 bridgehead atoms. The first-order valence-corrected chi connectivity index (χ1v) is 5.41. The van der Waals surface area contributed by atoms with Crippen molar-refractivity contribution in [3.8, 4) is 11.1 Å². The summed E-state index contributed by atoms with van der Waals surface area (Å²) in [5, 5.41) is 4.10. The highest BCUT2D eigenvalue weighted by Crippen LogP contribution is 2.24. The molecule has 0 unspecified atom stereocenters. The Kier molecular flexibility index (Phi) is 3.14. The van der Waals surface area contributed by atoms with E-state index < -0.39 is 11.8 Å². The Balaban J connectivity index is 2.46. The van der Waals surface area contributed by atoms with Gasteiger partial charge in [-0.1, -0.05) is 6.07 Å². The molecule has 0 N–H and O–H groups in total. The van der Waals surface area contributed by atoms with E-state index in [2.05, 4.69) is 9.84 Å². The van der Waals surface area contributed by atoms with Crippen LogP contribution in [0.25, 0.3) is 11.1 Å². The van der Waals surface area contributed by atoms with Gasteiger partial charge < -0.3 is 4.74 Å². The van der Waals surface area contributed by atoms with Gasteiger partial charge in [-0.05, 0) is 24.6 Å². The van der Waals surface area contributed by atoms with E-state index >= 15 is 0 Å². The minimum atomic E-state index is -0.679. The largest absolute Gasteiger partial charge is 0.465 e. The molecule has 94 valence electrons. The first-order chi connectivity index (χ1) is 8.54. The van der Waals surface area contributed by atoms with Crippen LogP contribution in [0.2, 0.25) is 0 Å². The summed E-state index contributed by atoms with van der Waals surface area (Å²) >= 11 is 0. The zero-order valence-corrected chi connectivity index (χ0v) is 10.4. The third-order valence-corrected chi connectivity index (χ3v) is 2.92. The molecule has 0 fully saturated rings. The molecule has 1 aromatic carbocycles. The predicted octanol–water partition coefficient (Wildman–Crippen LogP) is 2.32. The van der Waals surface area contributed by atoms with E-state index in [1.807, 2.05) is 14.0 Å². The van der Waals surface area contributed by atoms with Crippen molar-refractivity contribution in [3.05, 3.63) is 41.5 Å². The topological polar surface area (TPSA) is 44.1 Å². The molecule has 0 aliphatic heterocycles. The van der Waals surface area contributed by atoms with Crippen molar-refractivity contribution >= 4 is 5.97 Å². The summed E-state index contributed by atoms with van der Waals surface area (Å²) in [5.41, 5.74) is 2.39. The zero-order chi connectivity index (χ0) is 13.3. The molecule has 0 spiro atoms. The maximum absolute atomic E-state index is 13.8. The molecule has 0 aliphatic carbocycles. The summed E-state index contributed by atoms with van der Waals surface area (Å²) in [4.78, 5) is 11.3. The van der Waals surface area contributed by atoms with Gasteiger partial charge in [0.15, 0.2) is 0 Å². The Morgan fingerprint density at radius 2 is 2.17 bits per heavy atom. The van der Waals surface area contributed by atoms with Gasteiger partial charge in [0.05, 0.1) is 18.9 Å². The van der Waals surface area contributed by atoms with Gasteiger partial charge in [0.1, 0.15) is 5.82 Å². The minimum absolute atomic E-state index is 0.0669. The number of carbonyl (C=O) groups is 1. The van der Waals surface area contributed by atoms with Gasteiger partial charge >= 0.3 is 5.97 Å². The zero-order valence-electron chi connectivity index (χ0n) is 10.4. The number of nitrogens with zero attached hydrogens (tertiary/aromatic N) is 2. The molecule has 0 amide bonds. The van der Waals surface area contributed by atoms with Crippen molar-refractivity contribution in [1.29, 1.82) is 0 Å². The molecule has 0 saturated carbocycles. The predicted molar refractivity (Wildman–Crippen MR) is 64.7 cm³/mol. The van der Waals surface area contributed by atoms with Crippen LogP contribution in [0.5, 0.6) is 0 Å². The second kappa shape index (κ2) is 4.60. The lowest BCUT2D eigenvalue weighted by Gasteiger charge is -2.04. The molecule has 4 nitrogen and oxygen atoms in total. The summed E-state index contributed by atoms with van der Waals surface area (Å²) in [6.45, 7) is 1.90. The standard InChI is InChI=1S/C13H13FN2O2/c1-8-11(7-15-16(8)2)9-4-5-10(12(14)6-9)13(17)18-3/h4-7H,1-3H3. The number of aryl methyl sites for hydroxylation is 1. The molecular formula is C13H13FN2O2. The third kappa shape index (κ3) is 1.99. The number of hydrogen-bond acceptors (Lipinski definition) is 3. The summed E-state index contributed by atoms with van der Waals surface area (Å²) in [6.07, 6.45) is 1.67. The van der Waals surface area contributed by atoms with E-state index in [9.17, 15) is 9.18 Å². The molecule has 1 heterocycles. The van der Waals surface area contributed by atoms with Gasteiger partial charge in [-0.3, -0.25) is 4.68 Å². The van der Waals surface area contributed by atoms with Gasteiger partial charge in [0, 0.05) is 18.3 Å². The van der Waals surface area contributed by atoms with Crippen LogP contribution in [-0.4, -0.2) is 22.9 Å². The lowest BCUT2D eigenvalue weighted by Crippen LogP contribution is -2.04. The molecule has 0 saturated heterocycles. The number of esters is 1. The summed E-state index contributed by atoms with van der Waals surface area (Å²) in [6, 6.07) is 4.42. The number of hydrogen-bond donors (Lipinski definition) is 0. The average Bonchev–Trinajstić information content (AvgIpc) is 2.69. The Bertz CT molecular complexity index is 605. The average molecular weight is 248 g/mol. The normalized spacial score (nSPS) is 10.4. The minimum Gasteiger partial charge on any atom is -0.465 e. The summed E-state index contributed by atoms with van der Waals surface area (Å²) < 4.78 is 20.0. The number of benzene rings is 1. The van der Waals surface area contributed by atoms with E-state index in [1.54, 1.807) is 16.9 Å². The number of aromatic nitrogens is 2. The Hall–Kier alpha value is -2.17. The second-order valence-electron chi connectivity index (χ2n) is 3.95. The third-order valence-electron chi connectivity index (χ3n) is 2.92. The van der Waals surface area contributed by atoms with Gasteiger partial charge in [-0.15, -0.1) is 0 Å². The second-order valence-corrected chi connectivity index (χ2v) is 3.95. The molecule has 2 rings (SSSR count). The Morgan fingerprint density at radius 3 is 2.67 bits per heavy atom. The Labute approximate surface area is 104 Å². The van der Waals surface area contributed by atoms with Crippen molar-refractivity contribution in [1.82, 2.24) is 9.78 Å². The smallest absolute Gasteiger partial charge is 0.340 e. The maximum Gasteiger partial charge on any atom is 0.340 e. The van der Waals surface area contributed by atoms with Crippen molar-refractivity contribution < 1.29 is 13.9 Å². The van der Waals surface area contributed by atoms with Crippen molar-refractivity contribution in [2.24, 2.45) is 7.05 Å². The van der Waals surface area contributed by atoms with E-state index in [4.69, 9.17) is 0 Å². The lowest BCUT2D eigenvalue weighted by atomic mass is 10.0. The number of methoxy groups -OCH3 is 1. The number of ether oxygens (including phenoxy) is 1. The van der Waals surface area contributed by atoms with Crippen LogP contribution in [0.4, 0.5) is 4.39 Å². The van der Waals surface area contributed by atoms with Crippen LogP contribution in [0, 0.1) is 12.7 Å². The lowest BCUT2D eigenvalue weighted by molar-refractivity contribution is 0.0595. The van der Waals surface area contributed by atoms with Crippen LogP contribution in [0.1, 0.15) is 16.1 Å². The van der Waals surface area contributed by atoms with Crippen molar-refractivity contribution in [2.45, 2.75) is 6.92 Å². The quantitative estimate of drug-likeness (QED) is 0.766. The molecule has 2 aromatic rings. The molecular weight excluding hydrogens is 235 g/mol. The van der Waals surface area contributed by atoms with Crippen LogP contribution >= 0.6 is 0 Å². The van der Waals surface area contributed by atoms with Crippen molar-refractivity contribution in [2.75, 3.05) is 7.11 Å². The van der Waals surface area contributed by atoms with Crippen LogP contribution in [0.15, 0.2) is 24.4 Å². The summed E-state index contributed by atoms with van der Waals surface area (Å²) in [5.74, 6) is -1.27. The van der Waals surface area contributed by atoms with Crippen LogP contribution in [-0.2, 0) is 11.8 Å². The van der Waals surface area contributed by atoms with Crippen molar-refractivity contribution in [3.63, 3.8) is 0 Å². The highest BCUT2D eigenvalue weighted by molar-refractivity contribution is 5.90. The monoisotopic (exact) mass is 248 g/mol. The highest BCUT2D eigenvalue weighted by Gasteiger charge is 2.14. The fraction of sp³-hybridized carbons (Fsp3) is 0.231. The van der Waals surface area contributed by atoms with Crippen LogP contribution in [0.3, 0.4) is 0 Å².